The summed E-state index contributed by atoms with van der Waals surface area (Å²) in [5.74, 6) is 1.66. The normalized spacial score (nSPS) is 18.2. The zero-order valence-corrected chi connectivity index (χ0v) is 18.0. The van der Waals surface area contributed by atoms with Gasteiger partial charge in [0.1, 0.15) is 5.82 Å². The highest BCUT2D eigenvalue weighted by atomic mass is 32.1. The maximum atomic E-state index is 12.9. The summed E-state index contributed by atoms with van der Waals surface area (Å²) in [6.07, 6.45) is 6.44. The fourth-order valence-corrected chi connectivity index (χ4v) is 6.11. The maximum absolute atomic E-state index is 12.9. The van der Waals surface area contributed by atoms with Crippen LogP contribution in [0.2, 0.25) is 0 Å². The van der Waals surface area contributed by atoms with E-state index in [-0.39, 0.29) is 5.56 Å². The third kappa shape index (κ3) is 3.66. The second-order valence-electron chi connectivity index (χ2n) is 8.56. The lowest BCUT2D eigenvalue weighted by Gasteiger charge is -2.32. The minimum Gasteiger partial charge on any atom is -0.303 e. The molecule has 0 bridgehead atoms. The van der Waals surface area contributed by atoms with Gasteiger partial charge in [-0.15, -0.1) is 11.3 Å². The highest BCUT2D eigenvalue weighted by Crippen LogP contribution is 2.36. The Morgan fingerprint density at radius 2 is 1.97 bits per heavy atom. The Hall–Kier alpha value is -1.98. The number of benzene rings is 1. The number of piperidine rings is 1. The van der Waals surface area contributed by atoms with E-state index in [1.807, 2.05) is 22.8 Å². The highest BCUT2D eigenvalue weighted by molar-refractivity contribution is 7.17. The van der Waals surface area contributed by atoms with Gasteiger partial charge in [-0.05, 0) is 80.4 Å². The first-order chi connectivity index (χ1) is 14.2. The summed E-state index contributed by atoms with van der Waals surface area (Å²) < 4.78 is 3.33. The molecule has 152 valence electrons. The van der Waals surface area contributed by atoms with Gasteiger partial charge in [-0.1, -0.05) is 18.2 Å². The summed E-state index contributed by atoms with van der Waals surface area (Å²) in [6.45, 7) is 6.06. The van der Waals surface area contributed by atoms with Gasteiger partial charge in [-0.2, -0.15) is 0 Å². The van der Waals surface area contributed by atoms with Crippen LogP contribution in [0.15, 0.2) is 34.4 Å². The van der Waals surface area contributed by atoms with E-state index >= 15 is 0 Å². The van der Waals surface area contributed by atoms with Crippen molar-refractivity contribution in [3.63, 3.8) is 0 Å². The number of hydrogen-bond acceptors (Lipinski definition) is 4. The van der Waals surface area contributed by atoms with E-state index in [0.717, 1.165) is 68.9 Å². The highest BCUT2D eigenvalue weighted by Gasteiger charge is 2.23. The topological polar surface area (TPSA) is 38.1 Å². The maximum Gasteiger partial charge on any atom is 0.256 e. The molecular weight excluding hydrogens is 378 g/mol. The average molecular weight is 408 g/mol. The number of aryl methyl sites for hydroxylation is 2. The van der Waals surface area contributed by atoms with Gasteiger partial charge in [0.05, 0.1) is 0 Å². The summed E-state index contributed by atoms with van der Waals surface area (Å²) in [5, 5.41) is 3.81. The fourth-order valence-electron chi connectivity index (χ4n) is 5.07. The molecule has 2 aliphatic rings. The predicted octanol–water partition coefficient (Wildman–Crippen LogP) is 4.52. The zero-order chi connectivity index (χ0) is 19.8. The van der Waals surface area contributed by atoms with Gasteiger partial charge in [0, 0.05) is 35.5 Å². The predicted molar refractivity (Wildman–Crippen MR) is 120 cm³/mol. The SMILES string of the molecule is Cc1nc2n(c(=O)c1CCN1CCC(c3csc4ccccc34)CC1)CCCC2. The standard InChI is InChI=1S/C24H29N3OS/c1-17-19(24(28)27-12-5-4-8-23(27)25-17)11-15-26-13-9-18(10-14-26)21-16-29-22-7-3-2-6-20(21)22/h2-3,6-7,16,18H,4-5,8-15H2,1H3. The third-order valence-corrected chi connectivity index (χ3v) is 7.78. The summed E-state index contributed by atoms with van der Waals surface area (Å²) in [6, 6.07) is 8.78. The molecule has 0 saturated carbocycles. The molecule has 2 aromatic heterocycles. The molecule has 0 aliphatic carbocycles. The lowest BCUT2D eigenvalue weighted by Crippen LogP contribution is -2.37. The largest absolute Gasteiger partial charge is 0.303 e. The molecule has 0 radical (unpaired) electrons. The molecule has 5 rings (SSSR count). The first-order valence-corrected chi connectivity index (χ1v) is 11.9. The van der Waals surface area contributed by atoms with Crippen LogP contribution in [0.4, 0.5) is 0 Å². The smallest absolute Gasteiger partial charge is 0.256 e. The van der Waals surface area contributed by atoms with Gasteiger partial charge in [0.2, 0.25) is 0 Å². The Morgan fingerprint density at radius 3 is 2.83 bits per heavy atom. The van der Waals surface area contributed by atoms with Gasteiger partial charge < -0.3 is 4.90 Å². The number of rotatable bonds is 4. The molecule has 5 heteroatoms. The van der Waals surface area contributed by atoms with E-state index in [2.05, 4.69) is 34.5 Å². The van der Waals surface area contributed by atoms with Crippen LogP contribution in [-0.4, -0.2) is 34.1 Å². The summed E-state index contributed by atoms with van der Waals surface area (Å²) in [4.78, 5) is 20.2. The van der Waals surface area contributed by atoms with Crippen LogP contribution in [0, 0.1) is 6.92 Å². The Kier molecular flexibility index (Phi) is 5.27. The number of hydrogen-bond donors (Lipinski definition) is 0. The lowest BCUT2D eigenvalue weighted by atomic mass is 9.89. The van der Waals surface area contributed by atoms with Gasteiger partial charge in [0.25, 0.3) is 5.56 Å². The minimum atomic E-state index is 0.215. The van der Waals surface area contributed by atoms with Crippen molar-refractivity contribution in [3.8, 4) is 0 Å². The van der Waals surface area contributed by atoms with Crippen molar-refractivity contribution in [1.29, 1.82) is 0 Å². The van der Waals surface area contributed by atoms with E-state index in [1.54, 1.807) is 5.56 Å². The number of aromatic nitrogens is 2. The van der Waals surface area contributed by atoms with Crippen molar-refractivity contribution in [1.82, 2.24) is 14.5 Å². The molecular formula is C24H29N3OS. The molecule has 3 aromatic rings. The molecule has 0 spiro atoms. The number of thiophene rings is 1. The van der Waals surface area contributed by atoms with Gasteiger partial charge in [-0.3, -0.25) is 9.36 Å². The first kappa shape index (κ1) is 19.0. The number of nitrogens with zero attached hydrogens (tertiary/aromatic N) is 3. The molecule has 4 heterocycles. The van der Waals surface area contributed by atoms with Gasteiger partial charge in [-0.25, -0.2) is 4.98 Å². The Labute approximate surface area is 176 Å². The zero-order valence-electron chi connectivity index (χ0n) is 17.2. The Morgan fingerprint density at radius 1 is 1.14 bits per heavy atom. The lowest BCUT2D eigenvalue weighted by molar-refractivity contribution is 0.214. The van der Waals surface area contributed by atoms with Crippen molar-refractivity contribution in [2.75, 3.05) is 19.6 Å². The Balaban J connectivity index is 1.23. The van der Waals surface area contributed by atoms with Crippen molar-refractivity contribution < 1.29 is 0 Å². The second kappa shape index (κ2) is 8.04. The third-order valence-electron chi connectivity index (χ3n) is 6.80. The van der Waals surface area contributed by atoms with Crippen LogP contribution in [0.1, 0.15) is 54.2 Å². The quantitative estimate of drug-likeness (QED) is 0.638. The Bertz CT molecular complexity index is 1080. The van der Waals surface area contributed by atoms with E-state index in [1.165, 1.54) is 22.9 Å². The number of likely N-dealkylation sites (tertiary alicyclic amines) is 1. The van der Waals surface area contributed by atoms with Crippen LogP contribution < -0.4 is 5.56 Å². The van der Waals surface area contributed by atoms with Crippen molar-refractivity contribution in [2.45, 2.75) is 57.9 Å². The van der Waals surface area contributed by atoms with Crippen molar-refractivity contribution in [3.05, 3.63) is 62.6 Å². The first-order valence-electron chi connectivity index (χ1n) is 11.0. The molecule has 0 unspecified atom stereocenters. The fraction of sp³-hybridized carbons (Fsp3) is 0.500. The summed E-state index contributed by atoms with van der Waals surface area (Å²) >= 11 is 1.87. The van der Waals surface area contributed by atoms with Gasteiger partial charge in [0.15, 0.2) is 0 Å². The molecule has 0 amide bonds. The molecule has 0 atom stereocenters. The summed E-state index contributed by atoms with van der Waals surface area (Å²) in [5.41, 5.74) is 3.63. The van der Waals surface area contributed by atoms with Crippen LogP contribution in [0.25, 0.3) is 10.1 Å². The van der Waals surface area contributed by atoms with Gasteiger partial charge >= 0.3 is 0 Å². The van der Waals surface area contributed by atoms with Crippen LogP contribution >= 0.6 is 11.3 Å². The van der Waals surface area contributed by atoms with Crippen molar-refractivity contribution >= 4 is 21.4 Å². The summed E-state index contributed by atoms with van der Waals surface area (Å²) in [7, 11) is 0. The molecule has 1 fully saturated rings. The molecule has 29 heavy (non-hydrogen) atoms. The average Bonchev–Trinajstić information content (AvgIpc) is 3.18. The van der Waals surface area contributed by atoms with Crippen molar-refractivity contribution in [2.24, 2.45) is 0 Å². The molecule has 0 N–H and O–H groups in total. The van der Waals surface area contributed by atoms with E-state index in [9.17, 15) is 4.79 Å². The van der Waals surface area contributed by atoms with Crippen LogP contribution in [-0.2, 0) is 19.4 Å². The molecule has 2 aliphatic heterocycles. The van der Waals surface area contributed by atoms with E-state index < -0.39 is 0 Å². The minimum absolute atomic E-state index is 0.215. The number of fused-ring (bicyclic) bond motifs is 2. The van der Waals surface area contributed by atoms with E-state index in [4.69, 9.17) is 4.98 Å². The van der Waals surface area contributed by atoms with Crippen LogP contribution in [0.3, 0.4) is 0 Å². The second-order valence-corrected chi connectivity index (χ2v) is 9.47. The van der Waals surface area contributed by atoms with Crippen LogP contribution in [0.5, 0.6) is 0 Å². The molecule has 4 nitrogen and oxygen atoms in total. The van der Waals surface area contributed by atoms with E-state index in [0.29, 0.717) is 5.92 Å². The molecule has 1 aromatic carbocycles. The monoisotopic (exact) mass is 407 g/mol. The molecule has 1 saturated heterocycles.